The number of esters is 2. The monoisotopic (exact) mass is 432 g/mol. The molecule has 1 heterocycles. The van der Waals surface area contributed by atoms with Crippen LogP contribution in [0.5, 0.6) is 0 Å². The number of aliphatic hydroxyl groups excluding tert-OH is 1. The van der Waals surface area contributed by atoms with Crippen LogP contribution in [0.2, 0.25) is 0 Å². The molecule has 6 atom stereocenters. The fourth-order valence-electron chi connectivity index (χ4n) is 5.91. The van der Waals surface area contributed by atoms with Gasteiger partial charge in [-0.25, -0.2) is 0 Å². The summed E-state index contributed by atoms with van der Waals surface area (Å²) in [5, 5.41) is 9.97. The molecule has 0 radical (unpaired) electrons. The second kappa shape index (κ2) is 10.3. The number of ether oxygens (including phenoxy) is 2. The van der Waals surface area contributed by atoms with Crippen molar-refractivity contribution < 1.29 is 24.2 Å². The van der Waals surface area contributed by atoms with E-state index in [0.29, 0.717) is 12.3 Å². The third-order valence-electron chi connectivity index (χ3n) is 8.12. The molecule has 1 saturated heterocycles. The first-order valence-electron chi connectivity index (χ1n) is 12.3. The Hall–Kier alpha value is -1.62. The minimum Gasteiger partial charge on any atom is -0.462 e. The zero-order valence-corrected chi connectivity index (χ0v) is 19.6. The lowest BCUT2D eigenvalue weighted by Gasteiger charge is -2.43. The van der Waals surface area contributed by atoms with E-state index in [-0.39, 0.29) is 47.8 Å². The fourth-order valence-corrected chi connectivity index (χ4v) is 5.91. The van der Waals surface area contributed by atoms with Crippen LogP contribution in [0.25, 0.3) is 0 Å². The van der Waals surface area contributed by atoms with Gasteiger partial charge < -0.3 is 14.6 Å². The summed E-state index contributed by atoms with van der Waals surface area (Å²) < 4.78 is 11.8. The summed E-state index contributed by atoms with van der Waals surface area (Å²) in [5.41, 5.74) is 0.891. The van der Waals surface area contributed by atoms with E-state index < -0.39 is 6.10 Å². The third-order valence-corrected chi connectivity index (χ3v) is 8.12. The predicted molar refractivity (Wildman–Crippen MR) is 120 cm³/mol. The first-order chi connectivity index (χ1) is 14.8. The lowest BCUT2D eigenvalue weighted by atomic mass is 9.66. The summed E-state index contributed by atoms with van der Waals surface area (Å²) in [4.78, 5) is 25.0. The maximum absolute atomic E-state index is 13.2. The quantitative estimate of drug-likeness (QED) is 0.539. The molecule has 0 amide bonds. The van der Waals surface area contributed by atoms with Gasteiger partial charge in [0.1, 0.15) is 12.2 Å². The minimum atomic E-state index is -0.603. The molecule has 5 heteroatoms. The van der Waals surface area contributed by atoms with Gasteiger partial charge in [-0.15, -0.1) is 0 Å². The molecule has 1 N–H and O–H groups in total. The number of cyclic esters (lactones) is 1. The van der Waals surface area contributed by atoms with Crippen molar-refractivity contribution in [2.75, 3.05) is 0 Å². The highest BCUT2D eigenvalue weighted by molar-refractivity contribution is 5.77. The molecule has 0 unspecified atom stereocenters. The molecule has 3 aliphatic rings. The van der Waals surface area contributed by atoms with Crippen LogP contribution in [0.3, 0.4) is 0 Å². The van der Waals surface area contributed by atoms with Gasteiger partial charge in [0.05, 0.1) is 17.9 Å². The molecule has 0 bridgehead atoms. The summed E-state index contributed by atoms with van der Waals surface area (Å²) in [6.07, 6.45) is 12.2. The molecule has 3 rings (SSSR count). The number of carbonyl (C=O) groups excluding carboxylic acids is 2. The number of hydrogen-bond donors (Lipinski definition) is 1. The molecule has 0 aromatic carbocycles. The zero-order chi connectivity index (χ0) is 22.6. The van der Waals surface area contributed by atoms with Gasteiger partial charge in [0.25, 0.3) is 0 Å². The molecule has 1 aliphatic heterocycles. The molecule has 174 valence electrons. The molecule has 5 nitrogen and oxygen atoms in total. The van der Waals surface area contributed by atoms with Gasteiger partial charge in [-0.05, 0) is 62.4 Å². The summed E-state index contributed by atoms with van der Waals surface area (Å²) in [7, 11) is 0. The van der Waals surface area contributed by atoms with E-state index in [2.05, 4.69) is 45.9 Å². The van der Waals surface area contributed by atoms with Crippen LogP contribution in [0.4, 0.5) is 0 Å². The second-order valence-electron chi connectivity index (χ2n) is 9.81. The summed E-state index contributed by atoms with van der Waals surface area (Å²) in [6.45, 7) is 8.44. The van der Waals surface area contributed by atoms with E-state index >= 15 is 0 Å². The van der Waals surface area contributed by atoms with Crippen molar-refractivity contribution in [1.29, 1.82) is 0 Å². The van der Waals surface area contributed by atoms with Crippen LogP contribution in [0, 0.1) is 23.2 Å². The average molecular weight is 433 g/mol. The van der Waals surface area contributed by atoms with Crippen LogP contribution >= 0.6 is 0 Å². The topological polar surface area (TPSA) is 72.8 Å². The lowest BCUT2D eigenvalue weighted by Crippen LogP contribution is -2.43. The molecule has 0 saturated carbocycles. The molecule has 0 aromatic heterocycles. The number of allylic oxidation sites excluding steroid dienone is 3. The average Bonchev–Trinajstić information content (AvgIpc) is 2.74. The van der Waals surface area contributed by atoms with E-state index in [9.17, 15) is 14.7 Å². The smallest absolute Gasteiger partial charge is 0.312 e. The van der Waals surface area contributed by atoms with Crippen LogP contribution in [-0.4, -0.2) is 35.4 Å². The largest absolute Gasteiger partial charge is 0.462 e. The van der Waals surface area contributed by atoms with Gasteiger partial charge >= 0.3 is 11.9 Å². The Morgan fingerprint density at radius 2 is 2.00 bits per heavy atom. The van der Waals surface area contributed by atoms with E-state index in [0.717, 1.165) is 44.9 Å². The Labute approximate surface area is 187 Å². The van der Waals surface area contributed by atoms with Gasteiger partial charge in [0.15, 0.2) is 0 Å². The van der Waals surface area contributed by atoms with Gasteiger partial charge in [0, 0.05) is 12.3 Å². The van der Waals surface area contributed by atoms with Crippen molar-refractivity contribution in [3.05, 3.63) is 23.8 Å². The number of hydrogen-bond acceptors (Lipinski definition) is 5. The minimum absolute atomic E-state index is 0.0449. The van der Waals surface area contributed by atoms with E-state index in [1.54, 1.807) is 0 Å². The normalized spacial score (nSPS) is 32.0. The first-order valence-corrected chi connectivity index (χ1v) is 12.3. The number of carbonyl (C=O) groups is 2. The summed E-state index contributed by atoms with van der Waals surface area (Å²) in [5.74, 6) is 0.446. The van der Waals surface area contributed by atoms with Crippen molar-refractivity contribution in [3.63, 3.8) is 0 Å². The molecule has 0 aromatic rings. The van der Waals surface area contributed by atoms with Crippen molar-refractivity contribution in [3.8, 4) is 0 Å². The molecule has 1 fully saturated rings. The lowest BCUT2D eigenvalue weighted by molar-refractivity contribution is -0.168. The van der Waals surface area contributed by atoms with Crippen molar-refractivity contribution >= 4 is 11.9 Å². The highest BCUT2D eigenvalue weighted by atomic mass is 16.6. The highest BCUT2D eigenvalue weighted by Gasteiger charge is 2.43. The SMILES string of the molecule is CCC(CC)(CC)C(=O)O[C@H]1CCC=C2C=CC[C@@H]([C@@H](C)C[C@@H]3C[C@@H](O)CC(=O)O3)[C@H]21. The molecule has 2 aliphatic carbocycles. The third kappa shape index (κ3) is 5.24. The standard InChI is InChI=1S/C26H40O5/c1-5-26(6-2,7-3)25(29)31-22-13-9-11-18-10-8-12-21(24(18)22)17(4)14-20-15-19(27)16-23(28)30-20/h8,10-11,17,19-22,24,27H,5-7,9,12-16H2,1-4H3/t17-,19+,20+,21-,22-,24-/m0/s1. The second-order valence-corrected chi connectivity index (χ2v) is 9.81. The highest BCUT2D eigenvalue weighted by Crippen LogP contribution is 2.45. The Morgan fingerprint density at radius 1 is 1.29 bits per heavy atom. The van der Waals surface area contributed by atoms with Gasteiger partial charge in [-0.2, -0.15) is 0 Å². The zero-order valence-electron chi connectivity index (χ0n) is 19.6. The summed E-state index contributed by atoms with van der Waals surface area (Å²) in [6, 6.07) is 0. The van der Waals surface area contributed by atoms with E-state index in [4.69, 9.17) is 9.47 Å². The Balaban J connectivity index is 1.75. The molecular formula is C26H40O5. The molecular weight excluding hydrogens is 392 g/mol. The van der Waals surface area contributed by atoms with Crippen LogP contribution in [0.1, 0.15) is 85.5 Å². The predicted octanol–water partition coefficient (Wildman–Crippen LogP) is 5.12. The van der Waals surface area contributed by atoms with Gasteiger partial charge in [0.2, 0.25) is 0 Å². The van der Waals surface area contributed by atoms with Gasteiger partial charge in [-0.1, -0.05) is 45.9 Å². The van der Waals surface area contributed by atoms with Crippen molar-refractivity contribution in [2.24, 2.45) is 23.2 Å². The Morgan fingerprint density at radius 3 is 2.65 bits per heavy atom. The molecule has 31 heavy (non-hydrogen) atoms. The maximum atomic E-state index is 13.2. The number of rotatable bonds is 8. The van der Waals surface area contributed by atoms with Crippen LogP contribution in [0.15, 0.2) is 23.8 Å². The first kappa shape index (κ1) is 24.0. The summed E-state index contributed by atoms with van der Waals surface area (Å²) >= 11 is 0. The Kier molecular flexibility index (Phi) is 8.01. The van der Waals surface area contributed by atoms with Crippen molar-refractivity contribution in [2.45, 2.75) is 104 Å². The number of fused-ring (bicyclic) bond motifs is 1. The van der Waals surface area contributed by atoms with Crippen LogP contribution in [-0.2, 0) is 19.1 Å². The van der Waals surface area contributed by atoms with Crippen LogP contribution < -0.4 is 0 Å². The van der Waals surface area contributed by atoms with E-state index in [1.807, 2.05) is 0 Å². The van der Waals surface area contributed by atoms with Gasteiger partial charge in [-0.3, -0.25) is 9.59 Å². The Bertz CT molecular complexity index is 696. The fraction of sp³-hybridized carbons (Fsp3) is 0.769. The van der Waals surface area contributed by atoms with E-state index in [1.165, 1.54) is 5.57 Å². The number of aliphatic hydroxyl groups is 1. The van der Waals surface area contributed by atoms with Crippen molar-refractivity contribution in [1.82, 2.24) is 0 Å². The molecule has 0 spiro atoms. The maximum Gasteiger partial charge on any atom is 0.312 e.